The maximum atomic E-state index is 12.8. The second-order valence-corrected chi connectivity index (χ2v) is 6.26. The summed E-state index contributed by atoms with van der Waals surface area (Å²) in [5, 5.41) is 0. The summed E-state index contributed by atoms with van der Waals surface area (Å²) in [6, 6.07) is 7.51. The smallest absolute Gasteiger partial charge is 0.305 e. The fourth-order valence-corrected chi connectivity index (χ4v) is 2.79. The predicted octanol–water partition coefficient (Wildman–Crippen LogP) is 2.09. The number of rotatable bonds is 6. The van der Waals surface area contributed by atoms with E-state index < -0.39 is 5.54 Å². The predicted molar refractivity (Wildman–Crippen MR) is 87.6 cm³/mol. The molecule has 0 N–H and O–H groups in total. The summed E-state index contributed by atoms with van der Waals surface area (Å²) in [7, 11) is 1.39. The number of ketones is 1. The third-order valence-corrected chi connectivity index (χ3v) is 4.42. The highest BCUT2D eigenvalue weighted by Gasteiger charge is 2.35. The van der Waals surface area contributed by atoms with E-state index in [-0.39, 0.29) is 11.8 Å². The number of carbonyl (C=O) groups excluding carboxylic acids is 2. The van der Waals surface area contributed by atoms with Gasteiger partial charge in [0.25, 0.3) is 0 Å². The number of hydrogen-bond donors (Lipinski definition) is 0. The number of esters is 1. The van der Waals surface area contributed by atoms with Crippen LogP contribution < -0.4 is 0 Å². The monoisotopic (exact) mass is 319 g/mol. The molecule has 1 aliphatic rings. The molecule has 0 spiro atoms. The Balaban J connectivity index is 2.02. The van der Waals surface area contributed by atoms with Gasteiger partial charge in [0.2, 0.25) is 0 Å². The van der Waals surface area contributed by atoms with E-state index in [1.165, 1.54) is 7.11 Å². The summed E-state index contributed by atoms with van der Waals surface area (Å²) >= 11 is 0. The van der Waals surface area contributed by atoms with Crippen LogP contribution in [0.2, 0.25) is 0 Å². The van der Waals surface area contributed by atoms with Crippen LogP contribution in [0.3, 0.4) is 0 Å². The van der Waals surface area contributed by atoms with E-state index in [1.807, 2.05) is 38.1 Å². The van der Waals surface area contributed by atoms with Gasteiger partial charge in [0.1, 0.15) is 0 Å². The number of methoxy groups -OCH3 is 1. The van der Waals surface area contributed by atoms with Crippen LogP contribution in [0.1, 0.15) is 36.2 Å². The van der Waals surface area contributed by atoms with Gasteiger partial charge in [0, 0.05) is 25.1 Å². The van der Waals surface area contributed by atoms with E-state index in [9.17, 15) is 9.59 Å². The molecule has 0 aliphatic carbocycles. The molecule has 0 amide bonds. The molecule has 2 rings (SSSR count). The van der Waals surface area contributed by atoms with Gasteiger partial charge in [0.15, 0.2) is 5.78 Å². The lowest BCUT2D eigenvalue weighted by Gasteiger charge is -2.39. The van der Waals surface area contributed by atoms with Crippen LogP contribution in [0.5, 0.6) is 0 Å². The van der Waals surface area contributed by atoms with Gasteiger partial charge in [-0.05, 0) is 25.8 Å². The highest BCUT2D eigenvalue weighted by Crippen LogP contribution is 2.22. The molecule has 0 atom stereocenters. The Bertz CT molecular complexity index is 545. The molecule has 1 fully saturated rings. The first-order valence-electron chi connectivity index (χ1n) is 7.98. The first-order valence-corrected chi connectivity index (χ1v) is 7.98. The Labute approximate surface area is 137 Å². The summed E-state index contributed by atoms with van der Waals surface area (Å²) in [5.41, 5.74) is 1.18. The van der Waals surface area contributed by atoms with E-state index in [2.05, 4.69) is 9.64 Å². The third kappa shape index (κ3) is 4.39. The van der Waals surface area contributed by atoms with Crippen LogP contribution in [0.4, 0.5) is 0 Å². The summed E-state index contributed by atoms with van der Waals surface area (Å²) in [4.78, 5) is 26.2. The minimum atomic E-state index is -0.544. The Morgan fingerprint density at radius 2 is 1.78 bits per heavy atom. The molecule has 5 heteroatoms. The zero-order valence-electron chi connectivity index (χ0n) is 14.1. The molecule has 126 valence electrons. The quantitative estimate of drug-likeness (QED) is 0.593. The Morgan fingerprint density at radius 1 is 1.17 bits per heavy atom. The van der Waals surface area contributed by atoms with Crippen molar-refractivity contribution in [2.45, 2.75) is 32.2 Å². The van der Waals surface area contributed by atoms with Crippen LogP contribution in [0.15, 0.2) is 24.3 Å². The molecule has 5 nitrogen and oxygen atoms in total. The molecule has 1 aromatic rings. The van der Waals surface area contributed by atoms with Crippen molar-refractivity contribution >= 4 is 11.8 Å². The normalized spacial score (nSPS) is 16.1. The topological polar surface area (TPSA) is 55.8 Å². The molecule has 1 aliphatic heterocycles. The van der Waals surface area contributed by atoms with Crippen molar-refractivity contribution in [3.05, 3.63) is 35.4 Å². The van der Waals surface area contributed by atoms with Crippen molar-refractivity contribution < 1.29 is 19.1 Å². The van der Waals surface area contributed by atoms with Crippen molar-refractivity contribution in [2.24, 2.45) is 0 Å². The lowest BCUT2D eigenvalue weighted by molar-refractivity contribution is -0.140. The number of ether oxygens (including phenoxy) is 2. The van der Waals surface area contributed by atoms with Gasteiger partial charge in [-0.25, -0.2) is 0 Å². The average molecular weight is 319 g/mol. The summed E-state index contributed by atoms with van der Waals surface area (Å²) < 4.78 is 10.00. The zero-order chi connectivity index (χ0) is 16.9. The lowest BCUT2D eigenvalue weighted by atomic mass is 9.90. The van der Waals surface area contributed by atoms with Crippen LogP contribution in [0.25, 0.3) is 0 Å². The molecule has 0 saturated carbocycles. The Hall–Kier alpha value is -1.72. The van der Waals surface area contributed by atoms with Crippen LogP contribution in [0, 0.1) is 0 Å². The van der Waals surface area contributed by atoms with Crippen LogP contribution in [-0.2, 0) is 20.7 Å². The van der Waals surface area contributed by atoms with Crippen LogP contribution in [-0.4, -0.2) is 55.6 Å². The zero-order valence-corrected chi connectivity index (χ0v) is 14.1. The van der Waals surface area contributed by atoms with E-state index in [4.69, 9.17) is 4.74 Å². The van der Waals surface area contributed by atoms with Gasteiger partial charge in [-0.2, -0.15) is 0 Å². The summed E-state index contributed by atoms with van der Waals surface area (Å²) in [5.74, 6) is -0.113. The molecule has 0 bridgehead atoms. The van der Waals surface area contributed by atoms with Crippen molar-refractivity contribution in [2.75, 3.05) is 33.4 Å². The molecular weight excluding hydrogens is 294 g/mol. The molecule has 0 radical (unpaired) electrons. The van der Waals surface area contributed by atoms with Gasteiger partial charge < -0.3 is 9.47 Å². The second-order valence-electron chi connectivity index (χ2n) is 6.26. The van der Waals surface area contributed by atoms with E-state index >= 15 is 0 Å². The van der Waals surface area contributed by atoms with Crippen molar-refractivity contribution in [3.8, 4) is 0 Å². The van der Waals surface area contributed by atoms with E-state index in [0.29, 0.717) is 31.6 Å². The lowest BCUT2D eigenvalue weighted by Crippen LogP contribution is -2.54. The Kier molecular flexibility index (Phi) is 5.91. The number of benzene rings is 1. The molecular formula is C18H25NO4. The number of hydrogen-bond acceptors (Lipinski definition) is 5. The van der Waals surface area contributed by atoms with Crippen LogP contribution >= 0.6 is 0 Å². The van der Waals surface area contributed by atoms with Crippen molar-refractivity contribution in [3.63, 3.8) is 0 Å². The fraction of sp³-hybridized carbons (Fsp3) is 0.556. The van der Waals surface area contributed by atoms with E-state index in [1.54, 1.807) is 0 Å². The van der Waals surface area contributed by atoms with Gasteiger partial charge in [-0.15, -0.1) is 0 Å². The Morgan fingerprint density at radius 3 is 2.35 bits per heavy atom. The number of morpholine rings is 1. The third-order valence-electron chi connectivity index (χ3n) is 4.42. The number of nitrogens with zero attached hydrogens (tertiary/aromatic N) is 1. The second kappa shape index (κ2) is 7.70. The average Bonchev–Trinajstić information content (AvgIpc) is 2.60. The minimum Gasteiger partial charge on any atom is -0.469 e. The van der Waals surface area contributed by atoms with Gasteiger partial charge in [-0.3, -0.25) is 14.5 Å². The SMILES string of the molecule is COC(=O)CCc1ccc(C(=O)C(C)(C)N2CCOCC2)cc1. The fourth-order valence-electron chi connectivity index (χ4n) is 2.79. The molecule has 1 heterocycles. The minimum absolute atomic E-state index is 0.110. The highest BCUT2D eigenvalue weighted by molar-refractivity contribution is 6.02. The van der Waals surface area contributed by atoms with Crippen molar-refractivity contribution in [1.29, 1.82) is 0 Å². The van der Waals surface area contributed by atoms with Gasteiger partial charge in [0.05, 0.1) is 25.9 Å². The number of carbonyl (C=O) groups is 2. The molecule has 1 aromatic carbocycles. The van der Waals surface area contributed by atoms with Crippen molar-refractivity contribution in [1.82, 2.24) is 4.90 Å². The molecule has 1 saturated heterocycles. The molecule has 0 aromatic heterocycles. The van der Waals surface area contributed by atoms with E-state index in [0.717, 1.165) is 18.7 Å². The summed E-state index contributed by atoms with van der Waals surface area (Å²) in [6.07, 6.45) is 0.969. The standard InChI is InChI=1S/C18H25NO4/c1-18(2,19-10-12-23-13-11-19)17(21)15-7-4-14(5-8-15)6-9-16(20)22-3/h4-5,7-8H,6,9-13H2,1-3H3. The first kappa shape index (κ1) is 17.6. The maximum Gasteiger partial charge on any atom is 0.305 e. The van der Waals surface area contributed by atoms with Gasteiger partial charge >= 0.3 is 5.97 Å². The maximum absolute atomic E-state index is 12.8. The first-order chi connectivity index (χ1) is 10.9. The largest absolute Gasteiger partial charge is 0.469 e. The summed E-state index contributed by atoms with van der Waals surface area (Å²) in [6.45, 7) is 6.82. The van der Waals surface area contributed by atoms with Gasteiger partial charge in [-0.1, -0.05) is 24.3 Å². The highest BCUT2D eigenvalue weighted by atomic mass is 16.5. The molecule has 23 heavy (non-hydrogen) atoms. The number of aryl methyl sites for hydroxylation is 1. The number of Topliss-reactive ketones (excluding diaryl/α,β-unsaturated/α-hetero) is 1. The molecule has 0 unspecified atom stereocenters.